The standard InChI is InChI=1S/C17H28N4O3/c1-13-11-21(12-14(2)24-13)8-6-18-16-5-4-15(10-20-16)17(22)19-7-9-23-3/h4-5,10,13-14H,6-9,11-12H2,1-3H3,(H,18,20)(H,19,22)/t13-,14-/m1/s1. The van der Waals surface area contributed by atoms with E-state index in [1.165, 1.54) is 0 Å². The minimum atomic E-state index is -0.137. The number of anilines is 1. The number of carbonyl (C=O) groups is 1. The van der Waals surface area contributed by atoms with Crippen molar-refractivity contribution in [1.29, 1.82) is 0 Å². The maximum Gasteiger partial charge on any atom is 0.252 e. The van der Waals surface area contributed by atoms with Gasteiger partial charge in [0.15, 0.2) is 0 Å². The van der Waals surface area contributed by atoms with Gasteiger partial charge in [0, 0.05) is 46.0 Å². The van der Waals surface area contributed by atoms with Gasteiger partial charge in [0.2, 0.25) is 0 Å². The first-order valence-corrected chi connectivity index (χ1v) is 8.43. The fourth-order valence-corrected chi connectivity index (χ4v) is 2.81. The molecular weight excluding hydrogens is 308 g/mol. The molecule has 7 heteroatoms. The quantitative estimate of drug-likeness (QED) is 0.689. The SMILES string of the molecule is COCCNC(=O)c1ccc(NCCN2C[C@@H](C)O[C@H](C)C2)nc1. The van der Waals surface area contributed by atoms with E-state index >= 15 is 0 Å². The first kappa shape index (κ1) is 18.6. The zero-order valence-electron chi connectivity index (χ0n) is 14.7. The number of rotatable bonds is 8. The maximum absolute atomic E-state index is 11.9. The van der Waals surface area contributed by atoms with Crippen molar-refractivity contribution in [3.63, 3.8) is 0 Å². The fraction of sp³-hybridized carbons (Fsp3) is 0.647. The van der Waals surface area contributed by atoms with Crippen molar-refractivity contribution >= 4 is 11.7 Å². The summed E-state index contributed by atoms with van der Waals surface area (Å²) >= 11 is 0. The largest absolute Gasteiger partial charge is 0.383 e. The molecule has 1 aromatic heterocycles. The lowest BCUT2D eigenvalue weighted by Crippen LogP contribution is -2.46. The molecule has 1 aliphatic heterocycles. The van der Waals surface area contributed by atoms with Crippen molar-refractivity contribution in [1.82, 2.24) is 15.2 Å². The van der Waals surface area contributed by atoms with Gasteiger partial charge < -0.3 is 20.1 Å². The average molecular weight is 336 g/mol. The second-order valence-electron chi connectivity index (χ2n) is 6.12. The van der Waals surface area contributed by atoms with Crippen LogP contribution in [0, 0.1) is 0 Å². The van der Waals surface area contributed by atoms with E-state index in [1.807, 2.05) is 6.07 Å². The summed E-state index contributed by atoms with van der Waals surface area (Å²) in [4.78, 5) is 18.6. The molecule has 0 radical (unpaired) electrons. The van der Waals surface area contributed by atoms with Gasteiger partial charge in [-0.2, -0.15) is 0 Å². The molecule has 0 saturated carbocycles. The van der Waals surface area contributed by atoms with Crippen LogP contribution in [0.5, 0.6) is 0 Å². The van der Waals surface area contributed by atoms with Crippen LogP contribution in [-0.4, -0.2) is 74.4 Å². The Balaban J connectivity index is 1.72. The number of aromatic nitrogens is 1. The van der Waals surface area contributed by atoms with E-state index in [0.717, 1.165) is 32.0 Å². The molecule has 0 spiro atoms. The second-order valence-corrected chi connectivity index (χ2v) is 6.12. The van der Waals surface area contributed by atoms with Crippen molar-refractivity contribution in [2.45, 2.75) is 26.1 Å². The highest BCUT2D eigenvalue weighted by Gasteiger charge is 2.21. The number of methoxy groups -OCH3 is 1. The van der Waals surface area contributed by atoms with Crippen LogP contribution in [0.3, 0.4) is 0 Å². The highest BCUT2D eigenvalue weighted by Crippen LogP contribution is 2.10. The van der Waals surface area contributed by atoms with Gasteiger partial charge in [-0.3, -0.25) is 9.69 Å². The number of hydrogen-bond donors (Lipinski definition) is 2. The summed E-state index contributed by atoms with van der Waals surface area (Å²) in [7, 11) is 1.60. The molecule has 2 N–H and O–H groups in total. The molecule has 24 heavy (non-hydrogen) atoms. The number of pyridine rings is 1. The molecule has 0 aliphatic carbocycles. The van der Waals surface area contributed by atoms with Crippen LogP contribution in [0.1, 0.15) is 24.2 Å². The highest BCUT2D eigenvalue weighted by atomic mass is 16.5. The lowest BCUT2D eigenvalue weighted by Gasteiger charge is -2.35. The van der Waals surface area contributed by atoms with E-state index in [1.54, 1.807) is 19.4 Å². The van der Waals surface area contributed by atoms with Crippen molar-refractivity contribution < 1.29 is 14.3 Å². The van der Waals surface area contributed by atoms with Gasteiger partial charge in [-0.1, -0.05) is 0 Å². The number of nitrogens with zero attached hydrogens (tertiary/aromatic N) is 2. The molecule has 1 saturated heterocycles. The zero-order valence-corrected chi connectivity index (χ0v) is 14.7. The third-order valence-electron chi connectivity index (χ3n) is 3.85. The van der Waals surface area contributed by atoms with Crippen LogP contribution in [-0.2, 0) is 9.47 Å². The lowest BCUT2D eigenvalue weighted by molar-refractivity contribution is -0.0667. The van der Waals surface area contributed by atoms with Crippen LogP contribution < -0.4 is 10.6 Å². The van der Waals surface area contributed by atoms with E-state index in [9.17, 15) is 4.79 Å². The van der Waals surface area contributed by atoms with Gasteiger partial charge in [0.25, 0.3) is 5.91 Å². The first-order valence-electron chi connectivity index (χ1n) is 8.43. The summed E-state index contributed by atoms with van der Waals surface area (Å²) in [5.74, 6) is 0.639. The summed E-state index contributed by atoms with van der Waals surface area (Å²) in [5.41, 5.74) is 0.549. The van der Waals surface area contributed by atoms with E-state index in [0.29, 0.717) is 18.7 Å². The summed E-state index contributed by atoms with van der Waals surface area (Å²) in [6, 6.07) is 3.60. The summed E-state index contributed by atoms with van der Waals surface area (Å²) in [6.07, 6.45) is 2.15. The van der Waals surface area contributed by atoms with E-state index in [4.69, 9.17) is 9.47 Å². The first-order chi connectivity index (χ1) is 11.6. The number of hydrogen-bond acceptors (Lipinski definition) is 6. The molecule has 1 amide bonds. The Morgan fingerprint density at radius 2 is 2.08 bits per heavy atom. The Hall–Kier alpha value is -1.70. The summed E-state index contributed by atoms with van der Waals surface area (Å²) in [6.45, 7) is 8.87. The Kier molecular flexibility index (Phi) is 7.42. The third-order valence-corrected chi connectivity index (χ3v) is 3.85. The molecule has 1 aliphatic rings. The van der Waals surface area contributed by atoms with E-state index < -0.39 is 0 Å². The fourth-order valence-electron chi connectivity index (χ4n) is 2.81. The second kappa shape index (κ2) is 9.56. The average Bonchev–Trinajstić information content (AvgIpc) is 2.55. The molecule has 2 heterocycles. The third kappa shape index (κ3) is 6.07. The van der Waals surface area contributed by atoms with Gasteiger partial charge in [-0.15, -0.1) is 0 Å². The molecule has 7 nitrogen and oxygen atoms in total. The summed E-state index contributed by atoms with van der Waals surface area (Å²) in [5, 5.41) is 6.07. The minimum absolute atomic E-state index is 0.137. The Bertz CT molecular complexity index is 499. The Labute approximate surface area is 143 Å². The van der Waals surface area contributed by atoms with Gasteiger partial charge in [0.05, 0.1) is 24.4 Å². The monoisotopic (exact) mass is 336 g/mol. The molecule has 1 fully saturated rings. The molecule has 134 valence electrons. The van der Waals surface area contributed by atoms with Crippen LogP contribution in [0.4, 0.5) is 5.82 Å². The predicted molar refractivity (Wildman–Crippen MR) is 93.4 cm³/mol. The van der Waals surface area contributed by atoms with Crippen molar-refractivity contribution in [2.75, 3.05) is 51.8 Å². The Morgan fingerprint density at radius 3 is 2.71 bits per heavy atom. The van der Waals surface area contributed by atoms with Crippen LogP contribution in [0.2, 0.25) is 0 Å². The predicted octanol–water partition coefficient (Wildman–Crippen LogP) is 0.979. The number of morpholine rings is 1. The molecular formula is C17H28N4O3. The van der Waals surface area contributed by atoms with Crippen LogP contribution >= 0.6 is 0 Å². The van der Waals surface area contributed by atoms with Gasteiger partial charge >= 0.3 is 0 Å². The molecule has 0 unspecified atom stereocenters. The minimum Gasteiger partial charge on any atom is -0.383 e. The number of carbonyl (C=O) groups excluding carboxylic acids is 1. The molecule has 1 aromatic rings. The van der Waals surface area contributed by atoms with E-state index in [2.05, 4.69) is 34.4 Å². The molecule has 2 rings (SSSR count). The maximum atomic E-state index is 11.9. The highest BCUT2D eigenvalue weighted by molar-refractivity contribution is 5.94. The number of amides is 1. The molecule has 0 aromatic carbocycles. The molecule has 2 atom stereocenters. The van der Waals surface area contributed by atoms with Crippen LogP contribution in [0.25, 0.3) is 0 Å². The smallest absolute Gasteiger partial charge is 0.252 e. The van der Waals surface area contributed by atoms with Gasteiger partial charge in [0.1, 0.15) is 5.82 Å². The Morgan fingerprint density at radius 1 is 1.33 bits per heavy atom. The van der Waals surface area contributed by atoms with Crippen molar-refractivity contribution in [2.24, 2.45) is 0 Å². The zero-order chi connectivity index (χ0) is 17.4. The van der Waals surface area contributed by atoms with Crippen LogP contribution in [0.15, 0.2) is 18.3 Å². The van der Waals surface area contributed by atoms with Gasteiger partial charge in [-0.05, 0) is 26.0 Å². The number of nitrogens with one attached hydrogen (secondary N) is 2. The lowest BCUT2D eigenvalue weighted by atomic mass is 10.2. The van der Waals surface area contributed by atoms with Crippen molar-refractivity contribution in [3.05, 3.63) is 23.9 Å². The normalized spacial score (nSPS) is 21.5. The van der Waals surface area contributed by atoms with Crippen molar-refractivity contribution in [3.8, 4) is 0 Å². The van der Waals surface area contributed by atoms with Gasteiger partial charge in [-0.25, -0.2) is 4.98 Å². The van der Waals surface area contributed by atoms with E-state index in [-0.39, 0.29) is 18.1 Å². The molecule has 0 bridgehead atoms. The number of ether oxygens (including phenoxy) is 2. The topological polar surface area (TPSA) is 75.7 Å². The summed E-state index contributed by atoms with van der Waals surface area (Å²) < 4.78 is 10.6.